The zero-order valence-electron chi connectivity index (χ0n) is 21.7. The number of nitrogens with two attached hydrogens (primary N) is 2. The summed E-state index contributed by atoms with van der Waals surface area (Å²) in [5.74, 6) is 0.825. The lowest BCUT2D eigenvalue weighted by atomic mass is 9.84. The van der Waals surface area contributed by atoms with Gasteiger partial charge in [0, 0.05) is 19.6 Å². The van der Waals surface area contributed by atoms with Crippen molar-refractivity contribution in [2.75, 3.05) is 33.9 Å². The van der Waals surface area contributed by atoms with Crippen LogP contribution in [0.2, 0.25) is 0 Å². The van der Waals surface area contributed by atoms with Crippen LogP contribution in [-0.2, 0) is 14.8 Å². The number of hydrogen-bond donors (Lipinski definition) is 3. The normalized spacial score (nSPS) is 17.8. The first-order valence-corrected chi connectivity index (χ1v) is 13.7. The number of unbranched alkanes of at least 4 members (excludes halogenated alkanes) is 1. The smallest absolute Gasteiger partial charge is 0.243 e. The topological polar surface area (TPSA) is 149 Å². The molecule has 1 saturated heterocycles. The maximum Gasteiger partial charge on any atom is 0.243 e. The summed E-state index contributed by atoms with van der Waals surface area (Å²) in [6.45, 7) is 3.59. The number of likely N-dealkylation sites (tertiary alicyclic amines) is 1. The monoisotopic (exact) mass is 555 g/mol. The van der Waals surface area contributed by atoms with Crippen LogP contribution in [0.15, 0.2) is 40.2 Å². The Morgan fingerprint density at radius 3 is 2.41 bits per heavy atom. The third kappa shape index (κ3) is 7.18. The average molecular weight is 556 g/mol. The number of ether oxygens (including phenoxy) is 2. The number of methoxy groups -OCH3 is 2. The molecule has 1 atom stereocenters. The van der Waals surface area contributed by atoms with E-state index in [1.54, 1.807) is 36.3 Å². The zero-order valence-corrected chi connectivity index (χ0v) is 23.3. The molecule has 12 heteroatoms. The average Bonchev–Trinajstić information content (AvgIpc) is 2.86. The van der Waals surface area contributed by atoms with Gasteiger partial charge in [-0.15, -0.1) is 12.4 Å². The Morgan fingerprint density at radius 2 is 1.78 bits per heavy atom. The van der Waals surface area contributed by atoms with E-state index in [1.165, 1.54) is 13.2 Å². The highest BCUT2D eigenvalue weighted by Crippen LogP contribution is 2.34. The number of nitrogens with one attached hydrogen (secondary N) is 1. The van der Waals surface area contributed by atoms with E-state index in [2.05, 4.69) is 16.6 Å². The fourth-order valence-electron chi connectivity index (χ4n) is 4.65. The number of guanidine groups is 1. The van der Waals surface area contributed by atoms with Gasteiger partial charge in [0.05, 0.1) is 19.1 Å². The van der Waals surface area contributed by atoms with Gasteiger partial charge in [-0.05, 0) is 67.1 Å². The summed E-state index contributed by atoms with van der Waals surface area (Å²) in [6, 6.07) is 8.35. The van der Waals surface area contributed by atoms with Gasteiger partial charge in [0.2, 0.25) is 15.9 Å². The van der Waals surface area contributed by atoms with E-state index < -0.39 is 15.6 Å². The van der Waals surface area contributed by atoms with E-state index in [0.29, 0.717) is 62.2 Å². The molecule has 2 aromatic rings. The zero-order chi connectivity index (χ0) is 26.3. The Kier molecular flexibility index (Phi) is 10.8. The lowest BCUT2D eigenvalue weighted by molar-refractivity contribution is -0.141. The van der Waals surface area contributed by atoms with E-state index in [1.807, 2.05) is 0 Å². The summed E-state index contributed by atoms with van der Waals surface area (Å²) in [5.41, 5.74) is 9.62. The number of piperidine rings is 1. The third-order valence-electron chi connectivity index (χ3n) is 6.52. The minimum Gasteiger partial charge on any atom is -0.493 e. The first kappa shape index (κ1) is 30.5. The molecule has 37 heavy (non-hydrogen) atoms. The van der Waals surface area contributed by atoms with Crippen LogP contribution in [0.1, 0.15) is 45.4 Å². The number of rotatable bonds is 12. The number of nitrogens with zero attached hydrogens (tertiary/aromatic N) is 2. The largest absolute Gasteiger partial charge is 0.493 e. The van der Waals surface area contributed by atoms with E-state index in [9.17, 15) is 13.2 Å². The molecule has 0 spiro atoms. The van der Waals surface area contributed by atoms with Gasteiger partial charge in [-0.2, -0.15) is 4.72 Å². The predicted molar refractivity (Wildman–Crippen MR) is 148 cm³/mol. The number of aliphatic imine (C=N–C) groups is 1. The van der Waals surface area contributed by atoms with E-state index in [4.69, 9.17) is 20.9 Å². The lowest BCUT2D eigenvalue weighted by Gasteiger charge is -2.42. The van der Waals surface area contributed by atoms with Crippen LogP contribution in [-0.4, -0.2) is 64.6 Å². The van der Waals surface area contributed by atoms with E-state index in [-0.39, 0.29) is 29.2 Å². The number of fused-ring (bicyclic) bond motifs is 1. The van der Waals surface area contributed by atoms with Gasteiger partial charge in [0.1, 0.15) is 5.54 Å². The van der Waals surface area contributed by atoms with Crippen molar-refractivity contribution in [2.24, 2.45) is 16.5 Å². The Hall–Kier alpha value is -2.76. The van der Waals surface area contributed by atoms with Crippen molar-refractivity contribution in [3.05, 3.63) is 30.3 Å². The number of sulfonamides is 1. The summed E-state index contributed by atoms with van der Waals surface area (Å²) < 4.78 is 40.8. The van der Waals surface area contributed by atoms with Crippen LogP contribution in [0.3, 0.4) is 0 Å². The van der Waals surface area contributed by atoms with Gasteiger partial charge < -0.3 is 25.8 Å². The van der Waals surface area contributed by atoms with Crippen molar-refractivity contribution in [1.82, 2.24) is 9.62 Å². The Morgan fingerprint density at radius 1 is 1.11 bits per heavy atom. The molecule has 206 valence electrons. The molecule has 0 radical (unpaired) electrons. The maximum absolute atomic E-state index is 13.6. The van der Waals surface area contributed by atoms with Crippen molar-refractivity contribution >= 4 is 45.1 Å². The molecule has 0 saturated carbocycles. The molecule has 3 rings (SSSR count). The van der Waals surface area contributed by atoms with Gasteiger partial charge in [0.15, 0.2) is 17.5 Å². The minimum absolute atomic E-state index is 0. The molecular formula is C25H38ClN5O5S. The first-order valence-electron chi connectivity index (χ1n) is 12.2. The highest BCUT2D eigenvalue weighted by molar-refractivity contribution is 7.89. The van der Waals surface area contributed by atoms with Crippen LogP contribution >= 0.6 is 12.4 Å². The quantitative estimate of drug-likeness (QED) is 0.207. The van der Waals surface area contributed by atoms with Gasteiger partial charge in [0.25, 0.3) is 0 Å². The molecule has 0 bridgehead atoms. The molecule has 2 aromatic carbocycles. The maximum atomic E-state index is 13.6. The molecule has 10 nitrogen and oxygen atoms in total. The van der Waals surface area contributed by atoms with Gasteiger partial charge in [-0.3, -0.25) is 9.79 Å². The summed E-state index contributed by atoms with van der Waals surface area (Å²) >= 11 is 0. The van der Waals surface area contributed by atoms with Gasteiger partial charge in [-0.25, -0.2) is 8.42 Å². The number of benzene rings is 2. The molecule has 1 aliphatic rings. The summed E-state index contributed by atoms with van der Waals surface area (Å²) in [4.78, 5) is 19.5. The first-order chi connectivity index (χ1) is 17.2. The number of carbonyl (C=O) groups is 1. The van der Waals surface area contributed by atoms with E-state index in [0.717, 1.165) is 18.2 Å². The van der Waals surface area contributed by atoms with Crippen LogP contribution in [0.4, 0.5) is 0 Å². The molecule has 0 aliphatic carbocycles. The Bertz CT molecular complexity index is 1220. The fourth-order valence-corrected chi connectivity index (χ4v) is 6.10. The number of hydrogen-bond acceptors (Lipinski definition) is 6. The second-order valence-corrected chi connectivity index (χ2v) is 10.7. The van der Waals surface area contributed by atoms with Gasteiger partial charge >= 0.3 is 0 Å². The van der Waals surface area contributed by atoms with Crippen molar-refractivity contribution in [3.8, 4) is 11.5 Å². The SMILES string of the molecule is CCCCN1CCCC(CCCN=C(N)N)(NS(=O)(=O)c2ccc3cc(OC)c(OC)cc3c2)C1=O.Cl. The van der Waals surface area contributed by atoms with Gasteiger partial charge in [-0.1, -0.05) is 19.4 Å². The van der Waals surface area contributed by atoms with Crippen molar-refractivity contribution < 1.29 is 22.7 Å². The number of halogens is 1. The molecule has 1 heterocycles. The Balaban J connectivity index is 0.00000481. The predicted octanol–water partition coefficient (Wildman–Crippen LogP) is 2.77. The number of carbonyl (C=O) groups excluding carboxylic acids is 1. The fraction of sp³-hybridized carbons (Fsp3) is 0.520. The van der Waals surface area contributed by atoms with Crippen LogP contribution in [0.5, 0.6) is 11.5 Å². The van der Waals surface area contributed by atoms with Crippen molar-refractivity contribution in [2.45, 2.75) is 55.9 Å². The second kappa shape index (κ2) is 13.2. The van der Waals surface area contributed by atoms with E-state index >= 15 is 0 Å². The van der Waals surface area contributed by atoms with Crippen molar-refractivity contribution in [1.29, 1.82) is 0 Å². The molecular weight excluding hydrogens is 518 g/mol. The molecule has 1 aliphatic heterocycles. The lowest BCUT2D eigenvalue weighted by Crippen LogP contribution is -2.62. The molecule has 1 unspecified atom stereocenters. The second-order valence-electron chi connectivity index (χ2n) is 9.06. The molecule has 1 fully saturated rings. The van der Waals surface area contributed by atoms with Crippen LogP contribution < -0.4 is 25.7 Å². The molecule has 1 amide bonds. The summed E-state index contributed by atoms with van der Waals surface area (Å²) in [6.07, 6.45) is 3.67. The van der Waals surface area contributed by atoms with Crippen LogP contribution in [0, 0.1) is 0 Å². The Labute approximate surface area is 225 Å². The summed E-state index contributed by atoms with van der Waals surface area (Å²) in [7, 11) is -0.960. The van der Waals surface area contributed by atoms with Crippen molar-refractivity contribution in [3.63, 3.8) is 0 Å². The van der Waals surface area contributed by atoms with Crippen LogP contribution in [0.25, 0.3) is 10.8 Å². The third-order valence-corrected chi connectivity index (χ3v) is 8.05. The highest BCUT2D eigenvalue weighted by atomic mass is 35.5. The standard InChI is InChI=1S/C25H37N5O5S.ClH/c1-4-5-13-30-14-7-11-25(23(30)31,10-6-12-28-24(26)27)29-36(32,33)20-9-8-18-16-21(34-2)22(35-3)17-19(18)15-20;/h8-9,15-17,29H,4-7,10-14H2,1-3H3,(H4,26,27,28);1H. The molecule has 5 N–H and O–H groups in total. The minimum atomic E-state index is -4.03. The number of amides is 1. The summed E-state index contributed by atoms with van der Waals surface area (Å²) in [5, 5.41) is 1.48. The highest BCUT2D eigenvalue weighted by Gasteiger charge is 2.46. The molecule has 0 aromatic heterocycles.